The number of aliphatic carboxylic acids is 1. The average Bonchev–Trinajstić information content (AvgIpc) is 3.17. The van der Waals surface area contributed by atoms with Crippen LogP contribution in [0.25, 0.3) is 0 Å². The van der Waals surface area contributed by atoms with Crippen molar-refractivity contribution in [3.8, 4) is 0 Å². The maximum atomic E-state index is 13.3. The number of rotatable bonds is 12. The normalized spacial score (nSPS) is 19.1. The van der Waals surface area contributed by atoms with Crippen LogP contribution < -0.4 is 10.6 Å². The monoisotopic (exact) mass is 502 g/mol. The number of unbranched alkanes of at least 4 members (excludes halogenated alkanes) is 1. The first-order valence-corrected chi connectivity index (χ1v) is 14.5. The maximum absolute atomic E-state index is 13.3. The molecule has 0 radical (unpaired) electrons. The number of carbonyl (C=O) groups excluding carboxylic acids is 2. The van der Waals surface area contributed by atoms with E-state index in [4.69, 9.17) is 0 Å². The van der Waals surface area contributed by atoms with E-state index in [0.29, 0.717) is 13.0 Å². The SMILES string of the molecule is CC(C)(C)C(C(=O)O)C(C(=O)NCCNC(=O)CCCCC1CCSS1)C(C)(C)C(C)(C)C. The van der Waals surface area contributed by atoms with E-state index >= 15 is 0 Å². The number of carbonyl (C=O) groups is 3. The number of carboxylic acids is 1. The molecule has 0 saturated carbocycles. The summed E-state index contributed by atoms with van der Waals surface area (Å²) in [6.07, 6.45) is 4.89. The first kappa shape index (κ1) is 30.1. The summed E-state index contributed by atoms with van der Waals surface area (Å²) in [5.74, 6) is -1.53. The fourth-order valence-electron chi connectivity index (χ4n) is 4.18. The van der Waals surface area contributed by atoms with Crippen LogP contribution in [0, 0.1) is 28.1 Å². The van der Waals surface area contributed by atoms with Gasteiger partial charge in [0.15, 0.2) is 0 Å². The van der Waals surface area contributed by atoms with Gasteiger partial charge in [0, 0.05) is 30.5 Å². The van der Waals surface area contributed by atoms with Gasteiger partial charge in [-0.25, -0.2) is 0 Å². The number of hydrogen-bond donors (Lipinski definition) is 3. The third-order valence-electron chi connectivity index (χ3n) is 7.18. The highest BCUT2D eigenvalue weighted by molar-refractivity contribution is 8.77. The Morgan fingerprint density at radius 3 is 2.03 bits per heavy atom. The van der Waals surface area contributed by atoms with Gasteiger partial charge in [-0.2, -0.15) is 0 Å². The average molecular weight is 503 g/mol. The zero-order chi connectivity index (χ0) is 25.4. The molecule has 1 aliphatic rings. The van der Waals surface area contributed by atoms with Crippen LogP contribution in [0.2, 0.25) is 0 Å². The van der Waals surface area contributed by atoms with Gasteiger partial charge in [-0.1, -0.05) is 83.4 Å². The highest BCUT2D eigenvalue weighted by Crippen LogP contribution is 2.50. The van der Waals surface area contributed by atoms with Crippen molar-refractivity contribution in [2.45, 2.75) is 92.7 Å². The van der Waals surface area contributed by atoms with Crippen molar-refractivity contribution in [3.63, 3.8) is 0 Å². The van der Waals surface area contributed by atoms with Crippen molar-refractivity contribution in [1.82, 2.24) is 10.6 Å². The van der Waals surface area contributed by atoms with Gasteiger partial charge in [-0.05, 0) is 35.5 Å². The molecule has 3 unspecified atom stereocenters. The van der Waals surface area contributed by atoms with E-state index in [1.807, 2.05) is 77.0 Å². The lowest BCUT2D eigenvalue weighted by molar-refractivity contribution is -0.160. The molecule has 2 amide bonds. The molecule has 3 atom stereocenters. The Labute approximate surface area is 209 Å². The lowest BCUT2D eigenvalue weighted by Gasteiger charge is -2.48. The van der Waals surface area contributed by atoms with Crippen molar-refractivity contribution < 1.29 is 19.5 Å². The predicted molar refractivity (Wildman–Crippen MR) is 140 cm³/mol. The molecule has 1 fully saturated rings. The molecule has 0 aromatic rings. The predicted octanol–water partition coefficient (Wildman–Crippen LogP) is 5.37. The number of nitrogens with one attached hydrogen (secondary N) is 2. The fraction of sp³-hybridized carbons (Fsp3) is 0.880. The summed E-state index contributed by atoms with van der Waals surface area (Å²) in [5.41, 5.74) is -1.43. The van der Waals surface area contributed by atoms with E-state index in [1.165, 1.54) is 18.6 Å². The van der Waals surface area contributed by atoms with Gasteiger partial charge in [0.05, 0.1) is 11.8 Å². The van der Waals surface area contributed by atoms with Crippen LogP contribution in [0.1, 0.15) is 87.5 Å². The molecule has 8 heteroatoms. The highest BCUT2D eigenvalue weighted by Gasteiger charge is 2.53. The summed E-state index contributed by atoms with van der Waals surface area (Å²) in [6, 6.07) is 0. The summed E-state index contributed by atoms with van der Waals surface area (Å²) in [6.45, 7) is 16.3. The first-order chi connectivity index (χ1) is 15.1. The van der Waals surface area contributed by atoms with E-state index in [0.717, 1.165) is 18.1 Å². The Morgan fingerprint density at radius 2 is 1.55 bits per heavy atom. The van der Waals surface area contributed by atoms with Crippen LogP contribution >= 0.6 is 21.6 Å². The second-order valence-electron chi connectivity index (χ2n) is 11.8. The van der Waals surface area contributed by atoms with Crippen molar-refractivity contribution in [2.24, 2.45) is 28.1 Å². The Balaban J connectivity index is 2.61. The molecule has 0 spiro atoms. The molecular weight excluding hydrogens is 456 g/mol. The summed E-state index contributed by atoms with van der Waals surface area (Å²) in [4.78, 5) is 37.7. The fourth-order valence-corrected chi connectivity index (χ4v) is 7.21. The molecule has 1 saturated heterocycles. The summed E-state index contributed by atoms with van der Waals surface area (Å²) in [7, 11) is 3.91. The molecular formula is C25H46N2O4S2. The van der Waals surface area contributed by atoms with E-state index in [9.17, 15) is 19.5 Å². The van der Waals surface area contributed by atoms with Gasteiger partial charge in [0.25, 0.3) is 0 Å². The molecule has 1 heterocycles. The topological polar surface area (TPSA) is 95.5 Å². The van der Waals surface area contributed by atoms with Crippen LogP contribution in [-0.2, 0) is 14.4 Å². The summed E-state index contributed by atoms with van der Waals surface area (Å²) < 4.78 is 0. The third kappa shape index (κ3) is 9.35. The van der Waals surface area contributed by atoms with E-state index in [2.05, 4.69) is 10.6 Å². The van der Waals surface area contributed by atoms with Crippen molar-refractivity contribution >= 4 is 39.4 Å². The smallest absolute Gasteiger partial charge is 0.307 e. The Bertz CT molecular complexity index is 662. The van der Waals surface area contributed by atoms with E-state index < -0.39 is 28.6 Å². The molecule has 33 heavy (non-hydrogen) atoms. The lowest BCUT2D eigenvalue weighted by atomic mass is 9.55. The van der Waals surface area contributed by atoms with Crippen molar-refractivity contribution in [1.29, 1.82) is 0 Å². The van der Waals surface area contributed by atoms with Gasteiger partial charge in [-0.15, -0.1) is 0 Å². The Kier molecular flexibility index (Phi) is 11.6. The molecule has 1 rings (SSSR count). The minimum Gasteiger partial charge on any atom is -0.481 e. The number of amides is 2. The summed E-state index contributed by atoms with van der Waals surface area (Å²) in [5, 5.41) is 16.6. The Morgan fingerprint density at radius 1 is 0.939 bits per heavy atom. The number of hydrogen-bond acceptors (Lipinski definition) is 5. The molecule has 0 aromatic carbocycles. The Hall–Kier alpha value is -0.890. The minimum atomic E-state index is -0.956. The second kappa shape index (κ2) is 12.7. The standard InChI is InChI=1S/C25H46N2O4S2/c1-23(2,3)20(22(30)31)19(25(7,8)24(4,5)6)21(29)27-15-14-26-18(28)12-10-9-11-17-13-16-32-33-17/h17,19-20H,9-16H2,1-8H3,(H,26,28)(H,27,29)(H,30,31). The van der Waals surface area contributed by atoms with Crippen LogP contribution in [0.4, 0.5) is 0 Å². The van der Waals surface area contributed by atoms with E-state index in [1.54, 1.807) is 0 Å². The number of carboxylic acid groups (broad SMARTS) is 1. The molecule has 1 aliphatic heterocycles. The molecule has 192 valence electrons. The quantitative estimate of drug-likeness (QED) is 0.245. The zero-order valence-electron chi connectivity index (χ0n) is 21.9. The molecule has 6 nitrogen and oxygen atoms in total. The minimum absolute atomic E-state index is 0.00220. The van der Waals surface area contributed by atoms with Crippen molar-refractivity contribution in [3.05, 3.63) is 0 Å². The zero-order valence-corrected chi connectivity index (χ0v) is 23.5. The third-order valence-corrected chi connectivity index (χ3v) is 10.2. The van der Waals surface area contributed by atoms with Gasteiger partial charge in [-0.3, -0.25) is 14.4 Å². The molecule has 3 N–H and O–H groups in total. The van der Waals surface area contributed by atoms with Gasteiger partial charge in [0.1, 0.15) is 0 Å². The van der Waals surface area contributed by atoms with Gasteiger partial charge in [0.2, 0.25) is 11.8 Å². The largest absolute Gasteiger partial charge is 0.481 e. The van der Waals surface area contributed by atoms with Gasteiger partial charge < -0.3 is 15.7 Å². The van der Waals surface area contributed by atoms with Crippen molar-refractivity contribution in [2.75, 3.05) is 18.8 Å². The first-order valence-electron chi connectivity index (χ1n) is 12.1. The highest BCUT2D eigenvalue weighted by atomic mass is 33.1. The second-order valence-corrected chi connectivity index (χ2v) is 14.6. The molecule has 0 aromatic heterocycles. The van der Waals surface area contributed by atoms with E-state index in [-0.39, 0.29) is 23.8 Å². The van der Waals surface area contributed by atoms with Crippen LogP contribution in [-0.4, -0.2) is 47.0 Å². The van der Waals surface area contributed by atoms with Crippen LogP contribution in [0.5, 0.6) is 0 Å². The molecule has 0 bridgehead atoms. The summed E-state index contributed by atoms with van der Waals surface area (Å²) >= 11 is 0. The lowest BCUT2D eigenvalue weighted by Crippen LogP contribution is -2.54. The maximum Gasteiger partial charge on any atom is 0.307 e. The van der Waals surface area contributed by atoms with Crippen LogP contribution in [0.15, 0.2) is 0 Å². The van der Waals surface area contributed by atoms with Gasteiger partial charge >= 0.3 is 5.97 Å². The van der Waals surface area contributed by atoms with Crippen LogP contribution in [0.3, 0.4) is 0 Å². The molecule has 0 aliphatic carbocycles.